The normalized spacial score (nSPS) is 18.5. The van der Waals surface area contributed by atoms with Crippen LogP contribution in [0, 0.1) is 5.92 Å². The lowest BCUT2D eigenvalue weighted by molar-refractivity contribution is -0.119. The molecule has 1 aliphatic heterocycles. The molecule has 17 heteroatoms. The number of thioether (sulfide) groups is 1. The number of aliphatic imine (C=N–C) groups is 1. The fraction of sp³-hybridized carbons (Fsp3) is 0.513. The molecular formula is C39H51N9O6S2. The number of amides is 4. The number of anilines is 1. The summed E-state index contributed by atoms with van der Waals surface area (Å²) >= 11 is 2.89. The van der Waals surface area contributed by atoms with Gasteiger partial charge in [-0.3, -0.25) is 24.5 Å². The van der Waals surface area contributed by atoms with Crippen LogP contribution in [-0.4, -0.2) is 66.5 Å². The number of aromatic nitrogens is 4. The molecule has 0 radical (unpaired) electrons. The fourth-order valence-corrected chi connectivity index (χ4v) is 8.12. The van der Waals surface area contributed by atoms with E-state index in [0.717, 1.165) is 51.9 Å². The molecule has 4 heterocycles. The zero-order valence-electron chi connectivity index (χ0n) is 32.9. The molecule has 0 spiro atoms. The second-order valence-corrected chi connectivity index (χ2v) is 17.9. The molecule has 3 unspecified atom stereocenters. The molecule has 0 bridgehead atoms. The van der Waals surface area contributed by atoms with Crippen LogP contribution in [0.5, 0.6) is 0 Å². The molecule has 2 aliphatic rings. The largest absolute Gasteiger partial charge is 0.444 e. The lowest BCUT2D eigenvalue weighted by atomic mass is 9.82. The van der Waals surface area contributed by atoms with Crippen molar-refractivity contribution in [3.8, 4) is 0 Å². The van der Waals surface area contributed by atoms with Crippen molar-refractivity contribution < 1.29 is 28.7 Å². The molecule has 5 rings (SSSR count). The minimum Gasteiger partial charge on any atom is -0.444 e. The second-order valence-electron chi connectivity index (χ2n) is 15.8. The van der Waals surface area contributed by atoms with Gasteiger partial charge in [0.1, 0.15) is 16.2 Å². The number of rotatable bonds is 12. The van der Waals surface area contributed by atoms with E-state index in [1.807, 2.05) is 25.1 Å². The Balaban J connectivity index is 1.06. The first-order chi connectivity index (χ1) is 26.5. The van der Waals surface area contributed by atoms with Crippen molar-refractivity contribution in [2.24, 2.45) is 10.9 Å². The standard InChI is InChI=1S/C39H51N9O6S2/c1-23-15-32(45-30(49)17-28-13-11-24(19-40-28)21-42-36(51)53-38(2,3)4)55-33(44-23)26-9-8-10-27(16-26)34-47-48-35(56-34)46-31(50)18-29-14-12-25(20-41-29)22-43-37(52)54-39(5,6)7/h11-15,19-20,23,26-27H,8-10,16-18,21-22H2,1-7H3,(H,42,51)(H,43,52)(H,45,49)(H,46,48,50). The van der Waals surface area contributed by atoms with Crippen molar-refractivity contribution in [1.82, 2.24) is 36.1 Å². The third-order valence-corrected chi connectivity index (χ3v) is 10.5. The van der Waals surface area contributed by atoms with Gasteiger partial charge in [0.25, 0.3) is 0 Å². The van der Waals surface area contributed by atoms with Crippen LogP contribution in [0.25, 0.3) is 0 Å². The summed E-state index contributed by atoms with van der Waals surface area (Å²) in [6.45, 7) is 13.4. The minimum absolute atomic E-state index is 0.0691. The van der Waals surface area contributed by atoms with Gasteiger partial charge >= 0.3 is 12.2 Å². The molecule has 300 valence electrons. The van der Waals surface area contributed by atoms with E-state index < -0.39 is 23.4 Å². The number of alkyl carbamates (subject to hydrolysis) is 2. The highest BCUT2D eigenvalue weighted by molar-refractivity contribution is 8.17. The lowest BCUT2D eigenvalue weighted by Crippen LogP contribution is -2.32. The maximum absolute atomic E-state index is 13.0. The summed E-state index contributed by atoms with van der Waals surface area (Å²) in [7, 11) is 0. The summed E-state index contributed by atoms with van der Waals surface area (Å²) < 4.78 is 10.5. The number of nitrogens with zero attached hydrogens (tertiary/aromatic N) is 5. The highest BCUT2D eigenvalue weighted by Crippen LogP contribution is 2.42. The second kappa shape index (κ2) is 18.8. The van der Waals surface area contributed by atoms with Gasteiger partial charge in [0, 0.05) is 48.7 Å². The van der Waals surface area contributed by atoms with Gasteiger partial charge in [-0.25, -0.2) is 9.59 Å². The van der Waals surface area contributed by atoms with E-state index in [-0.39, 0.29) is 55.6 Å². The third kappa shape index (κ3) is 14.0. The van der Waals surface area contributed by atoms with Crippen molar-refractivity contribution in [3.05, 3.63) is 75.3 Å². The monoisotopic (exact) mass is 805 g/mol. The molecule has 3 aromatic rings. The number of nitrogens with one attached hydrogen (secondary N) is 4. The van der Waals surface area contributed by atoms with Crippen LogP contribution in [0.1, 0.15) is 108 Å². The first-order valence-corrected chi connectivity index (χ1v) is 20.3. The quantitative estimate of drug-likeness (QED) is 0.155. The van der Waals surface area contributed by atoms with Gasteiger partial charge in [-0.2, -0.15) is 0 Å². The van der Waals surface area contributed by atoms with Crippen molar-refractivity contribution >= 4 is 57.3 Å². The lowest BCUT2D eigenvalue weighted by Gasteiger charge is -2.30. The highest BCUT2D eigenvalue weighted by Gasteiger charge is 2.31. The average molecular weight is 806 g/mol. The summed E-state index contributed by atoms with van der Waals surface area (Å²) in [5.74, 6) is -0.0308. The topological polar surface area (TPSA) is 199 Å². The summed E-state index contributed by atoms with van der Waals surface area (Å²) in [5.41, 5.74) is 1.62. The van der Waals surface area contributed by atoms with E-state index in [1.54, 1.807) is 66.1 Å². The van der Waals surface area contributed by atoms with Crippen LogP contribution >= 0.6 is 23.1 Å². The van der Waals surface area contributed by atoms with Gasteiger partial charge in [-0.15, -0.1) is 10.2 Å². The van der Waals surface area contributed by atoms with E-state index in [0.29, 0.717) is 16.5 Å². The van der Waals surface area contributed by atoms with Gasteiger partial charge < -0.3 is 30.7 Å². The van der Waals surface area contributed by atoms with Crippen LogP contribution < -0.4 is 21.3 Å². The Kier molecular flexibility index (Phi) is 14.2. The molecule has 56 heavy (non-hydrogen) atoms. The number of carbonyl (C=O) groups excluding carboxylic acids is 4. The first kappa shape index (κ1) is 42.2. The molecule has 4 N–H and O–H groups in total. The Bertz CT molecular complexity index is 1920. The predicted octanol–water partition coefficient (Wildman–Crippen LogP) is 6.57. The molecule has 4 amide bonds. The smallest absolute Gasteiger partial charge is 0.407 e. The Morgan fingerprint density at radius 1 is 0.768 bits per heavy atom. The first-order valence-electron chi connectivity index (χ1n) is 18.7. The van der Waals surface area contributed by atoms with Crippen LogP contribution in [0.2, 0.25) is 0 Å². The third-order valence-electron chi connectivity index (χ3n) is 8.39. The Morgan fingerprint density at radius 3 is 1.86 bits per heavy atom. The number of hydrogen-bond donors (Lipinski definition) is 4. The van der Waals surface area contributed by atoms with E-state index in [4.69, 9.17) is 14.5 Å². The molecule has 3 atom stereocenters. The van der Waals surface area contributed by atoms with Gasteiger partial charge in [-0.1, -0.05) is 41.7 Å². The van der Waals surface area contributed by atoms with Crippen LogP contribution in [0.4, 0.5) is 14.7 Å². The molecule has 3 aromatic heterocycles. The van der Waals surface area contributed by atoms with Crippen molar-refractivity contribution in [2.45, 2.75) is 123 Å². The van der Waals surface area contributed by atoms with Crippen molar-refractivity contribution in [1.29, 1.82) is 0 Å². The maximum Gasteiger partial charge on any atom is 0.407 e. The maximum atomic E-state index is 13.0. The average Bonchev–Trinajstić information content (AvgIpc) is 3.57. The molecule has 1 saturated carbocycles. The summed E-state index contributed by atoms with van der Waals surface area (Å²) in [6, 6.07) is 7.09. The van der Waals surface area contributed by atoms with E-state index in [9.17, 15) is 19.2 Å². The zero-order chi connectivity index (χ0) is 40.5. The minimum atomic E-state index is -0.581. The summed E-state index contributed by atoms with van der Waals surface area (Å²) in [5, 5.41) is 23.1. The fourth-order valence-electron chi connectivity index (χ4n) is 5.95. The van der Waals surface area contributed by atoms with Crippen LogP contribution in [-0.2, 0) is 45.0 Å². The Labute approximate surface area is 335 Å². The van der Waals surface area contributed by atoms with Gasteiger partial charge in [-0.05, 0) is 97.1 Å². The number of carbonyl (C=O) groups is 4. The number of ether oxygens (including phenoxy) is 2. The summed E-state index contributed by atoms with van der Waals surface area (Å²) in [4.78, 5) is 63.4. The molecule has 1 aliphatic carbocycles. The van der Waals surface area contributed by atoms with E-state index >= 15 is 0 Å². The van der Waals surface area contributed by atoms with Gasteiger partial charge in [0.15, 0.2) is 0 Å². The van der Waals surface area contributed by atoms with Crippen LogP contribution in [0.15, 0.2) is 52.8 Å². The van der Waals surface area contributed by atoms with Crippen LogP contribution in [0.3, 0.4) is 0 Å². The Hall–Kier alpha value is -4.90. The van der Waals surface area contributed by atoms with E-state index in [2.05, 4.69) is 41.4 Å². The molecular weight excluding hydrogens is 755 g/mol. The number of pyridine rings is 2. The highest BCUT2D eigenvalue weighted by atomic mass is 32.2. The summed E-state index contributed by atoms with van der Waals surface area (Å²) in [6.07, 6.45) is 8.20. The van der Waals surface area contributed by atoms with Gasteiger partial charge in [0.2, 0.25) is 16.9 Å². The molecule has 0 saturated heterocycles. The predicted molar refractivity (Wildman–Crippen MR) is 216 cm³/mol. The molecule has 0 aromatic carbocycles. The van der Waals surface area contributed by atoms with Crippen molar-refractivity contribution in [3.63, 3.8) is 0 Å². The van der Waals surface area contributed by atoms with E-state index in [1.165, 1.54) is 23.1 Å². The zero-order valence-corrected chi connectivity index (χ0v) is 34.6. The number of hydrogen-bond acceptors (Lipinski definition) is 13. The van der Waals surface area contributed by atoms with Gasteiger partial charge in [0.05, 0.1) is 29.0 Å². The van der Waals surface area contributed by atoms with Crippen molar-refractivity contribution in [2.75, 3.05) is 5.32 Å². The molecule has 1 fully saturated rings. The molecule has 15 nitrogen and oxygen atoms in total. The Morgan fingerprint density at radius 2 is 1.32 bits per heavy atom. The SMILES string of the molecule is CC1C=C(NC(=O)Cc2ccc(CNC(=O)OC(C)(C)C)cn2)SC(C2CCCC(c3nnc(NC(=O)Cc4ccc(CNC(=O)OC(C)(C)C)cn4)s3)C2)=N1.